The van der Waals surface area contributed by atoms with Gasteiger partial charge in [0.15, 0.2) is 0 Å². The van der Waals surface area contributed by atoms with E-state index in [0.717, 1.165) is 5.56 Å². The molecule has 0 aliphatic heterocycles. The smallest absolute Gasteiger partial charge is 0.417 e. The number of benzene rings is 2. The number of nitro groups is 1. The predicted octanol–water partition coefficient (Wildman–Crippen LogP) is 3.31. The summed E-state index contributed by atoms with van der Waals surface area (Å²) in [5.74, 6) is -0.0910. The summed E-state index contributed by atoms with van der Waals surface area (Å²) in [7, 11) is 1.34. The standard InChI is InChI=1S/C17H16N2O6/c1-24-16(20)11-4-12-2-5-13(6-3-12)18-17(21)25-15-9-7-14(8-10-15)19(22)23/h2-3,5-10H,4,11H2,1H3,(H,18,21). The van der Waals surface area contributed by atoms with E-state index in [1.54, 1.807) is 24.3 Å². The fourth-order valence-corrected chi connectivity index (χ4v) is 1.99. The molecule has 0 fully saturated rings. The molecule has 0 aromatic heterocycles. The van der Waals surface area contributed by atoms with E-state index in [4.69, 9.17) is 4.74 Å². The summed E-state index contributed by atoms with van der Waals surface area (Å²) in [6.07, 6.45) is 0.113. The second-order valence-electron chi connectivity index (χ2n) is 5.04. The number of rotatable bonds is 6. The van der Waals surface area contributed by atoms with Gasteiger partial charge in [-0.3, -0.25) is 20.2 Å². The minimum absolute atomic E-state index is 0.0877. The van der Waals surface area contributed by atoms with E-state index in [1.807, 2.05) is 0 Å². The second kappa shape index (κ2) is 8.44. The monoisotopic (exact) mass is 344 g/mol. The molecule has 25 heavy (non-hydrogen) atoms. The normalized spacial score (nSPS) is 9.96. The predicted molar refractivity (Wildman–Crippen MR) is 89.5 cm³/mol. The highest BCUT2D eigenvalue weighted by Crippen LogP contribution is 2.18. The molecule has 0 saturated carbocycles. The molecule has 130 valence electrons. The summed E-state index contributed by atoms with van der Waals surface area (Å²) in [5.41, 5.74) is 1.36. The second-order valence-corrected chi connectivity index (χ2v) is 5.04. The fraction of sp³-hybridized carbons (Fsp3) is 0.176. The molecule has 0 spiro atoms. The Labute approximate surface area is 143 Å². The third kappa shape index (κ3) is 5.61. The van der Waals surface area contributed by atoms with Gasteiger partial charge in [-0.15, -0.1) is 0 Å². The molecule has 8 nitrogen and oxygen atoms in total. The first-order chi connectivity index (χ1) is 12.0. The third-order valence-corrected chi connectivity index (χ3v) is 3.30. The van der Waals surface area contributed by atoms with Crippen molar-refractivity contribution in [2.45, 2.75) is 12.8 Å². The van der Waals surface area contributed by atoms with Crippen LogP contribution in [-0.4, -0.2) is 24.1 Å². The van der Waals surface area contributed by atoms with E-state index < -0.39 is 11.0 Å². The highest BCUT2D eigenvalue weighted by Gasteiger charge is 2.09. The molecule has 1 amide bonds. The number of esters is 1. The number of carbonyl (C=O) groups excluding carboxylic acids is 2. The number of hydrogen-bond donors (Lipinski definition) is 1. The molecular formula is C17H16N2O6. The van der Waals surface area contributed by atoms with Crippen LogP contribution in [0.1, 0.15) is 12.0 Å². The maximum Gasteiger partial charge on any atom is 0.417 e. The van der Waals surface area contributed by atoms with E-state index in [2.05, 4.69) is 10.1 Å². The van der Waals surface area contributed by atoms with Gasteiger partial charge in [-0.05, 0) is 36.2 Å². The van der Waals surface area contributed by atoms with Gasteiger partial charge in [0, 0.05) is 24.2 Å². The summed E-state index contributed by atoms with van der Waals surface area (Å²) in [6.45, 7) is 0. The summed E-state index contributed by atoms with van der Waals surface area (Å²) < 4.78 is 9.62. The lowest BCUT2D eigenvalue weighted by Gasteiger charge is -2.07. The van der Waals surface area contributed by atoms with Crippen molar-refractivity contribution < 1.29 is 24.0 Å². The van der Waals surface area contributed by atoms with Crippen LogP contribution in [0.25, 0.3) is 0 Å². The van der Waals surface area contributed by atoms with Crippen LogP contribution in [0.2, 0.25) is 0 Å². The van der Waals surface area contributed by atoms with Gasteiger partial charge in [-0.25, -0.2) is 4.79 Å². The lowest BCUT2D eigenvalue weighted by atomic mass is 10.1. The van der Waals surface area contributed by atoms with Gasteiger partial charge in [0.25, 0.3) is 5.69 Å². The number of nitro benzene ring substituents is 1. The van der Waals surface area contributed by atoms with Gasteiger partial charge in [0.2, 0.25) is 0 Å². The maximum absolute atomic E-state index is 11.8. The number of carbonyl (C=O) groups is 2. The van der Waals surface area contributed by atoms with Gasteiger partial charge in [-0.2, -0.15) is 0 Å². The minimum atomic E-state index is -0.712. The average Bonchev–Trinajstić information content (AvgIpc) is 2.61. The minimum Gasteiger partial charge on any atom is -0.469 e. The van der Waals surface area contributed by atoms with Crippen LogP contribution >= 0.6 is 0 Å². The first-order valence-corrected chi connectivity index (χ1v) is 7.37. The Kier molecular flexibility index (Phi) is 6.05. The Balaban J connectivity index is 1.87. The van der Waals surface area contributed by atoms with Crippen molar-refractivity contribution in [2.75, 3.05) is 12.4 Å². The molecule has 2 rings (SSSR count). The van der Waals surface area contributed by atoms with Crippen LogP contribution in [0.4, 0.5) is 16.2 Å². The van der Waals surface area contributed by atoms with Crippen molar-refractivity contribution in [3.05, 3.63) is 64.2 Å². The lowest BCUT2D eigenvalue weighted by Crippen LogP contribution is -2.16. The number of ether oxygens (including phenoxy) is 2. The number of nitrogens with one attached hydrogen (secondary N) is 1. The molecule has 1 N–H and O–H groups in total. The molecule has 0 saturated heterocycles. The van der Waals surface area contributed by atoms with Gasteiger partial charge >= 0.3 is 12.1 Å². The molecule has 2 aromatic carbocycles. The van der Waals surface area contributed by atoms with Crippen LogP contribution < -0.4 is 10.1 Å². The first-order valence-electron chi connectivity index (χ1n) is 7.37. The van der Waals surface area contributed by atoms with Crippen LogP contribution in [0, 0.1) is 10.1 Å². The fourth-order valence-electron chi connectivity index (χ4n) is 1.99. The first kappa shape index (κ1) is 17.9. The lowest BCUT2D eigenvalue weighted by molar-refractivity contribution is -0.384. The Bertz CT molecular complexity index is 756. The Morgan fingerprint density at radius 2 is 1.72 bits per heavy atom. The summed E-state index contributed by atoms with van der Waals surface area (Å²) in [5, 5.41) is 13.1. The molecule has 0 heterocycles. The van der Waals surface area contributed by atoms with Crippen LogP contribution in [0.5, 0.6) is 5.75 Å². The van der Waals surface area contributed by atoms with E-state index >= 15 is 0 Å². The van der Waals surface area contributed by atoms with Crippen LogP contribution in [-0.2, 0) is 16.0 Å². The SMILES string of the molecule is COC(=O)CCc1ccc(NC(=O)Oc2ccc([N+](=O)[O-])cc2)cc1. The largest absolute Gasteiger partial charge is 0.469 e. The van der Waals surface area contributed by atoms with Gasteiger partial charge in [-0.1, -0.05) is 12.1 Å². The molecule has 0 aliphatic rings. The Hall–Kier alpha value is -3.42. The molecule has 8 heteroatoms. The third-order valence-electron chi connectivity index (χ3n) is 3.30. The zero-order valence-electron chi connectivity index (χ0n) is 13.4. The average molecular weight is 344 g/mol. The van der Waals surface area contributed by atoms with Gasteiger partial charge in [0.1, 0.15) is 5.75 Å². The molecule has 2 aromatic rings. The molecule has 0 aliphatic carbocycles. The summed E-state index contributed by atoms with van der Waals surface area (Å²) in [4.78, 5) is 32.9. The maximum atomic E-state index is 11.8. The molecule has 0 unspecified atom stereocenters. The van der Waals surface area contributed by atoms with Crippen molar-refractivity contribution in [1.82, 2.24) is 0 Å². The number of hydrogen-bond acceptors (Lipinski definition) is 6. The van der Waals surface area contributed by atoms with Crippen molar-refractivity contribution in [3.8, 4) is 5.75 Å². The number of nitrogens with zero attached hydrogens (tertiary/aromatic N) is 1. The Morgan fingerprint density at radius 3 is 2.28 bits per heavy atom. The van der Waals surface area contributed by atoms with Crippen molar-refractivity contribution in [3.63, 3.8) is 0 Å². The van der Waals surface area contributed by atoms with E-state index in [0.29, 0.717) is 12.1 Å². The van der Waals surface area contributed by atoms with Crippen LogP contribution in [0.3, 0.4) is 0 Å². The van der Waals surface area contributed by atoms with E-state index in [9.17, 15) is 19.7 Å². The van der Waals surface area contributed by atoms with E-state index in [-0.39, 0.29) is 23.8 Å². The van der Waals surface area contributed by atoms with E-state index in [1.165, 1.54) is 31.4 Å². The van der Waals surface area contributed by atoms with Gasteiger partial charge in [0.05, 0.1) is 12.0 Å². The zero-order valence-corrected chi connectivity index (χ0v) is 13.4. The highest BCUT2D eigenvalue weighted by molar-refractivity contribution is 5.86. The number of non-ortho nitro benzene ring substituents is 1. The van der Waals surface area contributed by atoms with Crippen molar-refractivity contribution in [1.29, 1.82) is 0 Å². The molecule has 0 atom stereocenters. The number of methoxy groups -OCH3 is 1. The topological polar surface area (TPSA) is 108 Å². The molecule has 0 bridgehead atoms. The van der Waals surface area contributed by atoms with Crippen molar-refractivity contribution >= 4 is 23.4 Å². The number of aryl methyl sites for hydroxylation is 1. The number of amides is 1. The zero-order chi connectivity index (χ0) is 18.2. The summed E-state index contributed by atoms with van der Waals surface area (Å²) >= 11 is 0. The summed E-state index contributed by atoms with van der Waals surface area (Å²) in [6, 6.07) is 12.1. The van der Waals surface area contributed by atoms with Gasteiger partial charge < -0.3 is 9.47 Å². The highest BCUT2D eigenvalue weighted by atomic mass is 16.6. The quantitative estimate of drug-likeness (QED) is 0.489. The molecular weight excluding hydrogens is 328 g/mol. The Morgan fingerprint density at radius 1 is 1.08 bits per heavy atom. The van der Waals surface area contributed by atoms with Crippen molar-refractivity contribution in [2.24, 2.45) is 0 Å². The van der Waals surface area contributed by atoms with Crippen LogP contribution in [0.15, 0.2) is 48.5 Å². The molecule has 0 radical (unpaired) electrons. The number of anilines is 1.